The summed E-state index contributed by atoms with van der Waals surface area (Å²) in [5.74, 6) is -0.571. The van der Waals surface area contributed by atoms with E-state index in [4.69, 9.17) is 4.74 Å². The third-order valence-electron chi connectivity index (χ3n) is 4.78. The topological polar surface area (TPSA) is 64.4 Å². The molecule has 120 valence electrons. The molecule has 0 bridgehead atoms. The first-order valence-corrected chi connectivity index (χ1v) is 7.92. The summed E-state index contributed by atoms with van der Waals surface area (Å²) in [5, 5.41) is 13.9. The molecule has 1 saturated carbocycles. The lowest BCUT2D eigenvalue weighted by atomic mass is 9.78. The van der Waals surface area contributed by atoms with Crippen molar-refractivity contribution in [2.75, 3.05) is 11.9 Å². The number of nitrogens with one attached hydrogen (secondary N) is 1. The van der Waals surface area contributed by atoms with Crippen molar-refractivity contribution in [3.63, 3.8) is 0 Å². The lowest BCUT2D eigenvalue weighted by Crippen LogP contribution is -2.45. The van der Waals surface area contributed by atoms with Gasteiger partial charge in [0.05, 0.1) is 22.3 Å². The number of nitro groups is 1. The summed E-state index contributed by atoms with van der Waals surface area (Å²) in [7, 11) is 0. The number of ether oxygens (including phenoxy) is 1. The summed E-state index contributed by atoms with van der Waals surface area (Å²) in [6.45, 7) is 0.687. The van der Waals surface area contributed by atoms with Gasteiger partial charge in [-0.15, -0.1) is 0 Å². The molecule has 1 aromatic rings. The Morgan fingerprint density at radius 2 is 2.09 bits per heavy atom. The van der Waals surface area contributed by atoms with E-state index in [1.165, 1.54) is 31.4 Å². The van der Waals surface area contributed by atoms with Crippen LogP contribution in [0.1, 0.15) is 44.9 Å². The summed E-state index contributed by atoms with van der Waals surface area (Å²) in [5.41, 5.74) is 0.0630. The van der Waals surface area contributed by atoms with E-state index >= 15 is 0 Å². The maximum atomic E-state index is 14.0. The first-order valence-electron chi connectivity index (χ1n) is 7.92. The van der Waals surface area contributed by atoms with Gasteiger partial charge >= 0.3 is 0 Å². The van der Waals surface area contributed by atoms with E-state index in [0.717, 1.165) is 31.7 Å². The van der Waals surface area contributed by atoms with Crippen molar-refractivity contribution in [2.45, 2.75) is 56.6 Å². The molecule has 1 atom stereocenters. The number of nitro benzene ring substituents is 1. The number of anilines is 1. The molecule has 1 saturated heterocycles. The molecule has 2 fully saturated rings. The zero-order chi connectivity index (χ0) is 15.6. The minimum absolute atomic E-state index is 0.0502. The first kappa shape index (κ1) is 15.2. The van der Waals surface area contributed by atoms with E-state index in [1.807, 2.05) is 0 Å². The third-order valence-corrected chi connectivity index (χ3v) is 4.78. The van der Waals surface area contributed by atoms with Crippen molar-refractivity contribution >= 4 is 11.4 Å². The first-order chi connectivity index (χ1) is 10.6. The maximum Gasteiger partial charge on any atom is 0.272 e. The van der Waals surface area contributed by atoms with Crippen LogP contribution < -0.4 is 5.32 Å². The molecule has 1 spiro atoms. The Labute approximate surface area is 129 Å². The number of halogens is 1. The monoisotopic (exact) mass is 308 g/mol. The molecule has 1 unspecified atom stereocenters. The molecule has 0 amide bonds. The Morgan fingerprint density at radius 1 is 1.32 bits per heavy atom. The smallest absolute Gasteiger partial charge is 0.272 e. The van der Waals surface area contributed by atoms with Gasteiger partial charge in [0.1, 0.15) is 0 Å². The van der Waals surface area contributed by atoms with E-state index in [1.54, 1.807) is 0 Å². The van der Waals surface area contributed by atoms with Gasteiger partial charge in [-0.1, -0.05) is 19.3 Å². The van der Waals surface area contributed by atoms with Crippen LogP contribution in [0.4, 0.5) is 15.8 Å². The van der Waals surface area contributed by atoms with Crippen LogP contribution >= 0.6 is 0 Å². The number of hydrogen-bond acceptors (Lipinski definition) is 4. The van der Waals surface area contributed by atoms with E-state index in [9.17, 15) is 14.5 Å². The van der Waals surface area contributed by atoms with Crippen molar-refractivity contribution in [3.05, 3.63) is 34.1 Å². The Morgan fingerprint density at radius 3 is 2.77 bits per heavy atom. The van der Waals surface area contributed by atoms with Gasteiger partial charge in [0.2, 0.25) is 0 Å². The van der Waals surface area contributed by atoms with Crippen LogP contribution in [0.25, 0.3) is 0 Å². The van der Waals surface area contributed by atoms with E-state index in [-0.39, 0.29) is 17.3 Å². The normalized spacial score (nSPS) is 24.1. The van der Waals surface area contributed by atoms with Crippen molar-refractivity contribution in [1.82, 2.24) is 0 Å². The van der Waals surface area contributed by atoms with Crippen LogP contribution in [0.2, 0.25) is 0 Å². The Kier molecular flexibility index (Phi) is 4.29. The van der Waals surface area contributed by atoms with Crippen molar-refractivity contribution in [2.24, 2.45) is 0 Å². The Bertz CT molecular complexity index is 553. The predicted molar refractivity (Wildman–Crippen MR) is 81.5 cm³/mol. The minimum atomic E-state index is -0.585. The summed E-state index contributed by atoms with van der Waals surface area (Å²) in [6.07, 6.45) is 7.51. The molecule has 0 aromatic heterocycles. The van der Waals surface area contributed by atoms with Crippen LogP contribution in [0, 0.1) is 15.9 Å². The lowest BCUT2D eigenvalue weighted by Gasteiger charge is -2.43. The van der Waals surface area contributed by atoms with Crippen LogP contribution in [0.5, 0.6) is 0 Å². The summed E-state index contributed by atoms with van der Waals surface area (Å²) < 4.78 is 20.0. The highest BCUT2D eigenvalue weighted by Gasteiger charge is 2.38. The minimum Gasteiger partial charge on any atom is -0.380 e. The maximum absolute atomic E-state index is 14.0. The molecule has 1 N–H and O–H groups in total. The van der Waals surface area contributed by atoms with Gasteiger partial charge in [0.25, 0.3) is 5.69 Å². The van der Waals surface area contributed by atoms with Gasteiger partial charge in [0.15, 0.2) is 5.82 Å². The Hall–Kier alpha value is -1.69. The van der Waals surface area contributed by atoms with E-state index in [0.29, 0.717) is 12.3 Å². The number of hydrogen-bond donors (Lipinski definition) is 1. The van der Waals surface area contributed by atoms with Gasteiger partial charge in [-0.25, -0.2) is 4.39 Å². The third kappa shape index (κ3) is 3.21. The second-order valence-corrected chi connectivity index (χ2v) is 6.35. The van der Waals surface area contributed by atoms with Crippen molar-refractivity contribution in [3.8, 4) is 0 Å². The molecule has 2 aliphatic rings. The second kappa shape index (κ2) is 6.20. The number of non-ortho nitro benzene ring substituents is 1. The van der Waals surface area contributed by atoms with Crippen LogP contribution in [0.3, 0.4) is 0 Å². The summed E-state index contributed by atoms with van der Waals surface area (Å²) in [6, 6.07) is 3.91. The SMILES string of the molecule is O=[N+]([O-])c1ccc(NC2CCOC3(CCCCC3)C2)c(F)c1. The molecule has 1 aliphatic heterocycles. The standard InChI is InChI=1S/C16H21FN2O3/c17-14-10-13(19(20)21)4-5-15(14)18-12-6-9-22-16(11-12)7-2-1-3-8-16/h4-5,10,12,18H,1-3,6-9,11H2. The molecule has 1 aliphatic carbocycles. The van der Waals surface area contributed by atoms with Gasteiger partial charge in [-0.3, -0.25) is 10.1 Å². The van der Waals surface area contributed by atoms with E-state index < -0.39 is 10.7 Å². The Balaban J connectivity index is 1.69. The number of benzene rings is 1. The lowest BCUT2D eigenvalue weighted by molar-refractivity contribution is -0.385. The molecule has 1 aromatic carbocycles. The zero-order valence-electron chi connectivity index (χ0n) is 12.5. The average Bonchev–Trinajstić information content (AvgIpc) is 2.50. The largest absolute Gasteiger partial charge is 0.380 e. The number of rotatable bonds is 3. The van der Waals surface area contributed by atoms with Crippen molar-refractivity contribution < 1.29 is 14.1 Å². The van der Waals surface area contributed by atoms with Crippen LogP contribution in [0.15, 0.2) is 18.2 Å². The van der Waals surface area contributed by atoms with Crippen LogP contribution in [-0.2, 0) is 4.74 Å². The molecule has 0 radical (unpaired) electrons. The van der Waals surface area contributed by atoms with Gasteiger partial charge in [-0.2, -0.15) is 0 Å². The summed E-state index contributed by atoms with van der Waals surface area (Å²) >= 11 is 0. The average molecular weight is 308 g/mol. The highest BCUT2D eigenvalue weighted by Crippen LogP contribution is 2.39. The second-order valence-electron chi connectivity index (χ2n) is 6.35. The van der Waals surface area contributed by atoms with Crippen molar-refractivity contribution in [1.29, 1.82) is 0 Å². The predicted octanol–water partition coefficient (Wildman–Crippen LogP) is 4.03. The molecular weight excluding hydrogens is 287 g/mol. The highest BCUT2D eigenvalue weighted by atomic mass is 19.1. The van der Waals surface area contributed by atoms with Crippen LogP contribution in [-0.4, -0.2) is 23.2 Å². The highest BCUT2D eigenvalue weighted by molar-refractivity contribution is 5.50. The fourth-order valence-corrected chi connectivity index (χ4v) is 3.65. The van der Waals surface area contributed by atoms with Gasteiger partial charge in [-0.05, 0) is 31.7 Å². The molecule has 1 heterocycles. The fraction of sp³-hybridized carbons (Fsp3) is 0.625. The molecular formula is C16H21FN2O3. The molecule has 5 nitrogen and oxygen atoms in total. The molecule has 6 heteroatoms. The molecule has 22 heavy (non-hydrogen) atoms. The van der Waals surface area contributed by atoms with Gasteiger partial charge < -0.3 is 10.1 Å². The fourth-order valence-electron chi connectivity index (χ4n) is 3.65. The van der Waals surface area contributed by atoms with Gasteiger partial charge in [0, 0.05) is 18.7 Å². The quantitative estimate of drug-likeness (QED) is 0.676. The molecule has 3 rings (SSSR count). The summed E-state index contributed by atoms with van der Waals surface area (Å²) in [4.78, 5) is 10.1. The number of nitrogens with zero attached hydrogens (tertiary/aromatic N) is 1. The van der Waals surface area contributed by atoms with E-state index in [2.05, 4.69) is 5.32 Å². The zero-order valence-corrected chi connectivity index (χ0v) is 12.5.